The Morgan fingerprint density at radius 2 is 1.75 bits per heavy atom. The number of nitrogens with zero attached hydrogens (tertiary/aromatic N) is 1. The fourth-order valence-electron chi connectivity index (χ4n) is 3.15. The number of rotatable bonds is 6. The molecule has 1 fully saturated rings. The highest BCUT2D eigenvalue weighted by atomic mass is 32.2. The van der Waals surface area contributed by atoms with Gasteiger partial charge in [-0.2, -0.15) is 4.31 Å². The third-order valence-electron chi connectivity index (χ3n) is 4.38. The van der Waals surface area contributed by atoms with E-state index >= 15 is 0 Å². The van der Waals surface area contributed by atoms with Crippen molar-refractivity contribution in [3.63, 3.8) is 0 Å². The standard InChI is InChI=1S/C17H25FN2O3S/c1-24(22,23)20(16-6-4-2-3-5-7-16)13-12-19-17(21)14-8-10-15(18)11-9-14/h8-11,16H,2-7,12-13H2,1H3,(H,19,21). The molecule has 0 bridgehead atoms. The molecule has 0 atom stereocenters. The SMILES string of the molecule is CS(=O)(=O)N(CCNC(=O)c1ccc(F)cc1)C1CCCCCC1. The zero-order valence-electron chi connectivity index (χ0n) is 14.0. The Kier molecular flexibility index (Phi) is 6.74. The molecule has 1 aromatic rings. The highest BCUT2D eigenvalue weighted by Crippen LogP contribution is 2.23. The summed E-state index contributed by atoms with van der Waals surface area (Å²) in [5.41, 5.74) is 0.358. The zero-order chi connectivity index (χ0) is 17.6. The van der Waals surface area contributed by atoms with Crippen LogP contribution in [0.15, 0.2) is 24.3 Å². The average Bonchev–Trinajstić information content (AvgIpc) is 2.79. The van der Waals surface area contributed by atoms with E-state index in [0.29, 0.717) is 5.56 Å². The number of halogens is 1. The molecule has 2 rings (SSSR count). The van der Waals surface area contributed by atoms with Gasteiger partial charge in [0, 0.05) is 24.7 Å². The van der Waals surface area contributed by atoms with Crippen molar-refractivity contribution in [2.24, 2.45) is 0 Å². The van der Waals surface area contributed by atoms with Crippen molar-refractivity contribution < 1.29 is 17.6 Å². The van der Waals surface area contributed by atoms with Crippen LogP contribution < -0.4 is 5.32 Å². The molecule has 24 heavy (non-hydrogen) atoms. The largest absolute Gasteiger partial charge is 0.351 e. The van der Waals surface area contributed by atoms with E-state index in [-0.39, 0.29) is 25.0 Å². The van der Waals surface area contributed by atoms with Crippen LogP contribution in [0, 0.1) is 5.82 Å². The van der Waals surface area contributed by atoms with Crippen molar-refractivity contribution in [3.05, 3.63) is 35.6 Å². The summed E-state index contributed by atoms with van der Waals surface area (Å²) in [6.45, 7) is 0.496. The number of benzene rings is 1. The number of carbonyl (C=O) groups is 1. The van der Waals surface area contributed by atoms with Gasteiger partial charge >= 0.3 is 0 Å². The second-order valence-corrected chi connectivity index (χ2v) is 8.22. The molecule has 1 saturated carbocycles. The lowest BCUT2D eigenvalue weighted by molar-refractivity contribution is 0.0950. The van der Waals surface area contributed by atoms with Crippen LogP contribution in [0.3, 0.4) is 0 Å². The predicted octanol–water partition coefficient (Wildman–Crippen LogP) is 2.54. The van der Waals surface area contributed by atoms with E-state index in [4.69, 9.17) is 0 Å². The smallest absolute Gasteiger partial charge is 0.251 e. The summed E-state index contributed by atoms with van der Waals surface area (Å²) >= 11 is 0. The van der Waals surface area contributed by atoms with E-state index in [1.165, 1.54) is 34.8 Å². The topological polar surface area (TPSA) is 66.5 Å². The summed E-state index contributed by atoms with van der Waals surface area (Å²) in [4.78, 5) is 12.0. The lowest BCUT2D eigenvalue weighted by Gasteiger charge is -2.29. The van der Waals surface area contributed by atoms with Gasteiger partial charge in [-0.3, -0.25) is 4.79 Å². The molecule has 5 nitrogen and oxygen atoms in total. The summed E-state index contributed by atoms with van der Waals surface area (Å²) in [7, 11) is -3.32. The molecule has 1 aliphatic carbocycles. The molecule has 0 radical (unpaired) electrons. The van der Waals surface area contributed by atoms with Crippen LogP contribution in [-0.4, -0.2) is 44.0 Å². The predicted molar refractivity (Wildman–Crippen MR) is 91.8 cm³/mol. The summed E-state index contributed by atoms with van der Waals surface area (Å²) in [5.74, 6) is -0.729. The molecule has 0 saturated heterocycles. The van der Waals surface area contributed by atoms with Gasteiger partial charge in [0.15, 0.2) is 0 Å². The van der Waals surface area contributed by atoms with Crippen LogP contribution in [0.25, 0.3) is 0 Å². The van der Waals surface area contributed by atoms with Gasteiger partial charge in [-0.15, -0.1) is 0 Å². The third kappa shape index (κ3) is 5.56. The first-order chi connectivity index (χ1) is 11.4. The second kappa shape index (κ2) is 8.58. The number of hydrogen-bond acceptors (Lipinski definition) is 3. The molecule has 0 aromatic heterocycles. The summed E-state index contributed by atoms with van der Waals surface area (Å²) in [6.07, 6.45) is 7.35. The fraction of sp³-hybridized carbons (Fsp3) is 0.588. The number of hydrogen-bond donors (Lipinski definition) is 1. The Balaban J connectivity index is 1.93. The molecule has 0 spiro atoms. The van der Waals surface area contributed by atoms with Gasteiger partial charge < -0.3 is 5.32 Å². The van der Waals surface area contributed by atoms with Crippen LogP contribution in [0.2, 0.25) is 0 Å². The van der Waals surface area contributed by atoms with Crippen LogP contribution >= 0.6 is 0 Å². The molecular formula is C17H25FN2O3S. The zero-order valence-corrected chi connectivity index (χ0v) is 14.8. The maximum Gasteiger partial charge on any atom is 0.251 e. The Hall–Kier alpha value is -1.47. The maximum absolute atomic E-state index is 12.9. The normalized spacial score (nSPS) is 16.8. The number of sulfonamides is 1. The average molecular weight is 356 g/mol. The minimum absolute atomic E-state index is 0.0187. The quantitative estimate of drug-likeness (QED) is 0.797. The molecule has 0 heterocycles. The molecule has 7 heteroatoms. The lowest BCUT2D eigenvalue weighted by atomic mass is 10.1. The first-order valence-corrected chi connectivity index (χ1v) is 10.2. The van der Waals surface area contributed by atoms with Crippen molar-refractivity contribution in [2.75, 3.05) is 19.3 Å². The van der Waals surface area contributed by atoms with E-state index in [2.05, 4.69) is 5.32 Å². The van der Waals surface area contributed by atoms with E-state index in [0.717, 1.165) is 38.5 Å². The van der Waals surface area contributed by atoms with Gasteiger partial charge in [-0.1, -0.05) is 25.7 Å². The molecule has 1 aromatic carbocycles. The first-order valence-electron chi connectivity index (χ1n) is 8.38. The monoisotopic (exact) mass is 356 g/mol. The Morgan fingerprint density at radius 3 is 2.29 bits per heavy atom. The number of amides is 1. The summed E-state index contributed by atoms with van der Waals surface area (Å²) in [5, 5.41) is 2.71. The van der Waals surface area contributed by atoms with Gasteiger partial charge in [0.25, 0.3) is 5.91 Å². The molecule has 0 aliphatic heterocycles. The first kappa shape index (κ1) is 18.9. The number of nitrogens with one attached hydrogen (secondary N) is 1. The van der Waals surface area contributed by atoms with Gasteiger partial charge in [-0.25, -0.2) is 12.8 Å². The maximum atomic E-state index is 12.9. The molecular weight excluding hydrogens is 331 g/mol. The summed E-state index contributed by atoms with van der Waals surface area (Å²) in [6, 6.07) is 5.28. The van der Waals surface area contributed by atoms with Crippen molar-refractivity contribution in [3.8, 4) is 0 Å². The summed E-state index contributed by atoms with van der Waals surface area (Å²) < 4.78 is 38.6. The highest BCUT2D eigenvalue weighted by Gasteiger charge is 2.27. The molecule has 0 unspecified atom stereocenters. The van der Waals surface area contributed by atoms with E-state index in [1.54, 1.807) is 0 Å². The number of carbonyl (C=O) groups excluding carboxylic acids is 1. The minimum Gasteiger partial charge on any atom is -0.351 e. The van der Waals surface area contributed by atoms with Crippen molar-refractivity contribution in [2.45, 2.75) is 44.6 Å². The van der Waals surface area contributed by atoms with Gasteiger partial charge in [0.05, 0.1) is 6.26 Å². The van der Waals surface area contributed by atoms with Crippen LogP contribution in [0.5, 0.6) is 0 Å². The molecule has 1 aliphatic rings. The van der Waals surface area contributed by atoms with E-state index < -0.39 is 15.8 Å². The molecule has 1 amide bonds. The van der Waals surface area contributed by atoms with Gasteiger partial charge in [0.2, 0.25) is 10.0 Å². The molecule has 1 N–H and O–H groups in total. The van der Waals surface area contributed by atoms with Gasteiger partial charge in [-0.05, 0) is 37.1 Å². The van der Waals surface area contributed by atoms with Crippen molar-refractivity contribution >= 4 is 15.9 Å². The van der Waals surface area contributed by atoms with Crippen molar-refractivity contribution in [1.82, 2.24) is 9.62 Å². The van der Waals surface area contributed by atoms with Gasteiger partial charge in [0.1, 0.15) is 5.82 Å². The Morgan fingerprint density at radius 1 is 1.17 bits per heavy atom. The minimum atomic E-state index is -3.32. The fourth-order valence-corrected chi connectivity index (χ4v) is 4.32. The van der Waals surface area contributed by atoms with Crippen LogP contribution in [0.4, 0.5) is 4.39 Å². The molecule has 134 valence electrons. The Bertz CT molecular complexity index is 638. The highest BCUT2D eigenvalue weighted by molar-refractivity contribution is 7.88. The Labute approximate surface area is 143 Å². The second-order valence-electron chi connectivity index (χ2n) is 6.28. The lowest BCUT2D eigenvalue weighted by Crippen LogP contribution is -2.44. The van der Waals surface area contributed by atoms with Crippen molar-refractivity contribution in [1.29, 1.82) is 0 Å². The van der Waals surface area contributed by atoms with Crippen LogP contribution in [0.1, 0.15) is 48.9 Å². The van der Waals surface area contributed by atoms with E-state index in [9.17, 15) is 17.6 Å². The third-order valence-corrected chi connectivity index (χ3v) is 5.71. The van der Waals surface area contributed by atoms with E-state index in [1.807, 2.05) is 0 Å². The van der Waals surface area contributed by atoms with Crippen LogP contribution in [-0.2, 0) is 10.0 Å².